The van der Waals surface area contributed by atoms with Crippen LogP contribution in [0, 0.1) is 13.8 Å². The normalized spacial score (nSPS) is 17.7. The molecule has 24 heavy (non-hydrogen) atoms. The van der Waals surface area contributed by atoms with E-state index in [9.17, 15) is 4.79 Å². The van der Waals surface area contributed by atoms with Gasteiger partial charge in [-0.25, -0.2) is 0 Å². The van der Waals surface area contributed by atoms with Crippen molar-refractivity contribution >= 4 is 17.2 Å². The van der Waals surface area contributed by atoms with Crippen LogP contribution >= 0.6 is 11.3 Å². The lowest BCUT2D eigenvalue weighted by Crippen LogP contribution is -2.40. The standard InChI is InChI=1S/C18H26N4OS/c1-14-11-15(2)22(19-14)12-16(3)20-6-4-7-21(9-8-20)18(23)17-5-10-24-13-17/h5,10-11,13,16H,4,6-9,12H2,1-3H3. The predicted octanol–water partition coefficient (Wildman–Crippen LogP) is 2.80. The average Bonchev–Trinajstić information content (AvgIpc) is 3.10. The van der Waals surface area contributed by atoms with Crippen LogP contribution in [0.1, 0.15) is 35.1 Å². The Morgan fingerprint density at radius 3 is 2.79 bits per heavy atom. The number of hydrogen-bond acceptors (Lipinski definition) is 4. The fourth-order valence-corrected chi connectivity index (χ4v) is 4.01. The lowest BCUT2D eigenvalue weighted by Gasteiger charge is -2.28. The molecule has 3 rings (SSSR count). The summed E-state index contributed by atoms with van der Waals surface area (Å²) in [5.74, 6) is 0.171. The third-order valence-electron chi connectivity index (χ3n) is 4.75. The number of carbonyl (C=O) groups excluding carboxylic acids is 1. The molecule has 0 aliphatic carbocycles. The maximum absolute atomic E-state index is 12.5. The third-order valence-corrected chi connectivity index (χ3v) is 5.43. The van der Waals surface area contributed by atoms with Crippen LogP contribution in [-0.4, -0.2) is 57.7 Å². The van der Waals surface area contributed by atoms with E-state index < -0.39 is 0 Å². The molecule has 0 saturated carbocycles. The van der Waals surface area contributed by atoms with E-state index in [0.717, 1.165) is 50.4 Å². The van der Waals surface area contributed by atoms with Gasteiger partial charge < -0.3 is 4.90 Å². The molecule has 2 aromatic heterocycles. The Bertz CT molecular complexity index is 679. The van der Waals surface area contributed by atoms with Crippen LogP contribution in [0.2, 0.25) is 0 Å². The minimum atomic E-state index is 0.171. The van der Waals surface area contributed by atoms with Crippen LogP contribution in [0.3, 0.4) is 0 Å². The third kappa shape index (κ3) is 3.87. The van der Waals surface area contributed by atoms with Crippen LogP contribution < -0.4 is 0 Å². The van der Waals surface area contributed by atoms with Gasteiger partial charge in [-0.05, 0) is 44.7 Å². The minimum Gasteiger partial charge on any atom is -0.337 e. The van der Waals surface area contributed by atoms with Crippen molar-refractivity contribution in [1.82, 2.24) is 19.6 Å². The van der Waals surface area contributed by atoms with Crippen molar-refractivity contribution in [2.75, 3.05) is 26.2 Å². The summed E-state index contributed by atoms with van der Waals surface area (Å²) in [4.78, 5) is 17.0. The fraction of sp³-hybridized carbons (Fsp3) is 0.556. The molecule has 1 saturated heterocycles. The topological polar surface area (TPSA) is 41.4 Å². The summed E-state index contributed by atoms with van der Waals surface area (Å²) >= 11 is 1.58. The van der Waals surface area contributed by atoms with Gasteiger partial charge in [-0.3, -0.25) is 14.4 Å². The van der Waals surface area contributed by atoms with Gasteiger partial charge in [0.2, 0.25) is 0 Å². The van der Waals surface area contributed by atoms with Crippen molar-refractivity contribution in [2.45, 2.75) is 39.8 Å². The molecule has 1 aliphatic heterocycles. The highest BCUT2D eigenvalue weighted by atomic mass is 32.1. The fourth-order valence-electron chi connectivity index (χ4n) is 3.38. The van der Waals surface area contributed by atoms with E-state index in [1.165, 1.54) is 5.69 Å². The summed E-state index contributed by atoms with van der Waals surface area (Å²) < 4.78 is 2.10. The lowest BCUT2D eigenvalue weighted by atomic mass is 10.2. The highest BCUT2D eigenvalue weighted by Crippen LogP contribution is 2.14. The highest BCUT2D eigenvalue weighted by molar-refractivity contribution is 7.08. The molecule has 0 bridgehead atoms. The zero-order valence-electron chi connectivity index (χ0n) is 14.7. The van der Waals surface area contributed by atoms with Gasteiger partial charge in [-0.15, -0.1) is 0 Å². The number of carbonyl (C=O) groups is 1. The second-order valence-corrected chi connectivity index (χ2v) is 7.43. The molecule has 1 fully saturated rings. The van der Waals surface area contributed by atoms with E-state index >= 15 is 0 Å². The maximum atomic E-state index is 12.5. The van der Waals surface area contributed by atoms with E-state index in [-0.39, 0.29) is 5.91 Å². The zero-order chi connectivity index (χ0) is 17.1. The van der Waals surface area contributed by atoms with Gasteiger partial charge in [0, 0.05) is 43.3 Å². The molecule has 130 valence electrons. The molecule has 6 heteroatoms. The molecular weight excluding hydrogens is 320 g/mol. The average molecular weight is 347 g/mol. The van der Waals surface area contributed by atoms with E-state index in [1.807, 2.05) is 28.7 Å². The molecule has 2 aromatic rings. The summed E-state index contributed by atoms with van der Waals surface area (Å²) in [5, 5.41) is 8.48. The number of amides is 1. The van der Waals surface area contributed by atoms with Gasteiger partial charge in [0.25, 0.3) is 5.91 Å². The molecule has 0 N–H and O–H groups in total. The van der Waals surface area contributed by atoms with Crippen molar-refractivity contribution in [2.24, 2.45) is 0 Å². The Kier molecular flexibility index (Phi) is 5.36. The second kappa shape index (κ2) is 7.49. The van der Waals surface area contributed by atoms with Gasteiger partial charge in [-0.2, -0.15) is 16.4 Å². The molecule has 1 atom stereocenters. The molecule has 1 amide bonds. The van der Waals surface area contributed by atoms with Gasteiger partial charge in [-0.1, -0.05) is 0 Å². The van der Waals surface area contributed by atoms with Crippen molar-refractivity contribution in [3.05, 3.63) is 39.8 Å². The predicted molar refractivity (Wildman–Crippen MR) is 97.6 cm³/mol. The quantitative estimate of drug-likeness (QED) is 0.855. The van der Waals surface area contributed by atoms with Crippen molar-refractivity contribution in [1.29, 1.82) is 0 Å². The number of hydrogen-bond donors (Lipinski definition) is 0. The number of rotatable bonds is 4. The van der Waals surface area contributed by atoms with Crippen molar-refractivity contribution < 1.29 is 4.79 Å². The molecule has 1 aliphatic rings. The molecular formula is C18H26N4OS. The smallest absolute Gasteiger partial charge is 0.254 e. The van der Waals surface area contributed by atoms with Crippen molar-refractivity contribution in [3.63, 3.8) is 0 Å². The van der Waals surface area contributed by atoms with Gasteiger partial charge >= 0.3 is 0 Å². The van der Waals surface area contributed by atoms with Gasteiger partial charge in [0.05, 0.1) is 17.8 Å². The number of aromatic nitrogens is 2. The first-order valence-electron chi connectivity index (χ1n) is 8.61. The minimum absolute atomic E-state index is 0.171. The highest BCUT2D eigenvalue weighted by Gasteiger charge is 2.23. The van der Waals surface area contributed by atoms with Gasteiger partial charge in [0.15, 0.2) is 0 Å². The molecule has 0 radical (unpaired) electrons. The first-order valence-corrected chi connectivity index (χ1v) is 9.55. The summed E-state index contributed by atoms with van der Waals surface area (Å²) in [5.41, 5.74) is 3.11. The first kappa shape index (κ1) is 17.2. The molecule has 5 nitrogen and oxygen atoms in total. The van der Waals surface area contributed by atoms with Crippen LogP contribution in [0.25, 0.3) is 0 Å². The van der Waals surface area contributed by atoms with E-state index in [0.29, 0.717) is 6.04 Å². The Balaban J connectivity index is 1.58. The summed E-state index contributed by atoms with van der Waals surface area (Å²) in [7, 11) is 0. The molecule has 3 heterocycles. The monoisotopic (exact) mass is 346 g/mol. The second-order valence-electron chi connectivity index (χ2n) is 6.65. The Labute approximate surface area is 147 Å². The van der Waals surface area contributed by atoms with Gasteiger partial charge in [0.1, 0.15) is 0 Å². The van der Waals surface area contributed by atoms with Crippen LogP contribution in [0.15, 0.2) is 22.9 Å². The SMILES string of the molecule is Cc1cc(C)n(CC(C)N2CCCN(C(=O)c3ccsc3)CC2)n1. The Morgan fingerprint density at radius 1 is 1.29 bits per heavy atom. The number of aryl methyl sites for hydroxylation is 2. The first-order chi connectivity index (χ1) is 11.5. The van der Waals surface area contributed by atoms with Crippen LogP contribution in [0.4, 0.5) is 0 Å². The van der Waals surface area contributed by atoms with Crippen LogP contribution in [0.5, 0.6) is 0 Å². The van der Waals surface area contributed by atoms with E-state index in [4.69, 9.17) is 0 Å². The summed E-state index contributed by atoms with van der Waals surface area (Å²) in [6.45, 7) is 10.9. The molecule has 0 aromatic carbocycles. The largest absolute Gasteiger partial charge is 0.337 e. The summed E-state index contributed by atoms with van der Waals surface area (Å²) in [6.07, 6.45) is 1.03. The lowest BCUT2D eigenvalue weighted by molar-refractivity contribution is 0.0758. The van der Waals surface area contributed by atoms with E-state index in [2.05, 4.69) is 34.6 Å². The molecule has 1 unspecified atom stereocenters. The Hall–Kier alpha value is -1.66. The van der Waals surface area contributed by atoms with E-state index in [1.54, 1.807) is 11.3 Å². The maximum Gasteiger partial charge on any atom is 0.254 e. The number of nitrogens with zero attached hydrogens (tertiary/aromatic N) is 4. The van der Waals surface area contributed by atoms with Crippen molar-refractivity contribution in [3.8, 4) is 0 Å². The summed E-state index contributed by atoms with van der Waals surface area (Å²) in [6, 6.07) is 4.46. The zero-order valence-corrected chi connectivity index (χ0v) is 15.6. The van der Waals surface area contributed by atoms with Crippen LogP contribution in [-0.2, 0) is 6.54 Å². The Morgan fingerprint density at radius 2 is 2.12 bits per heavy atom. The number of thiophene rings is 1. The molecule has 0 spiro atoms.